The molecular weight excluding hydrogens is 276 g/mol. The summed E-state index contributed by atoms with van der Waals surface area (Å²) >= 11 is 0. The fourth-order valence-corrected chi connectivity index (χ4v) is 3.32. The number of hydrogen-bond acceptors (Lipinski definition) is 3. The molecule has 0 aromatic rings. The Kier molecular flexibility index (Phi) is 7.17. The van der Waals surface area contributed by atoms with Crippen molar-refractivity contribution in [3.63, 3.8) is 0 Å². The summed E-state index contributed by atoms with van der Waals surface area (Å²) in [5.74, 6) is 2.24. The number of alkyl carbamates (subject to hydrolysis) is 1. The minimum Gasteiger partial charge on any atom is -0.444 e. The molecule has 0 saturated heterocycles. The van der Waals surface area contributed by atoms with Gasteiger partial charge in [-0.2, -0.15) is 0 Å². The SMILES string of the molecule is CC1CCC(C(C)C)C(NCC(C)NC(=O)OC(C)(C)C)C1. The molecule has 2 N–H and O–H groups in total. The van der Waals surface area contributed by atoms with Crippen LogP contribution >= 0.6 is 0 Å². The summed E-state index contributed by atoms with van der Waals surface area (Å²) in [5, 5.41) is 6.59. The van der Waals surface area contributed by atoms with Gasteiger partial charge in [-0.1, -0.05) is 27.2 Å². The van der Waals surface area contributed by atoms with Crippen molar-refractivity contribution in [2.24, 2.45) is 17.8 Å². The third-order valence-electron chi connectivity index (χ3n) is 4.47. The zero-order valence-electron chi connectivity index (χ0n) is 15.5. The van der Waals surface area contributed by atoms with Crippen molar-refractivity contribution < 1.29 is 9.53 Å². The minimum absolute atomic E-state index is 0.0693. The highest BCUT2D eigenvalue weighted by atomic mass is 16.6. The second-order valence-electron chi connectivity index (χ2n) is 8.39. The maximum Gasteiger partial charge on any atom is 0.407 e. The van der Waals surface area contributed by atoms with Crippen LogP contribution in [0.1, 0.15) is 67.7 Å². The first-order valence-corrected chi connectivity index (χ1v) is 8.81. The van der Waals surface area contributed by atoms with Crippen LogP contribution in [0.2, 0.25) is 0 Å². The van der Waals surface area contributed by atoms with E-state index in [4.69, 9.17) is 4.74 Å². The Morgan fingerprint density at radius 3 is 2.41 bits per heavy atom. The van der Waals surface area contributed by atoms with Crippen LogP contribution in [0.25, 0.3) is 0 Å². The number of hydrogen-bond donors (Lipinski definition) is 2. The number of ether oxygens (including phenoxy) is 1. The van der Waals surface area contributed by atoms with Gasteiger partial charge in [-0.05, 0) is 58.3 Å². The molecule has 130 valence electrons. The molecule has 4 heteroatoms. The van der Waals surface area contributed by atoms with Crippen LogP contribution in [0.4, 0.5) is 4.79 Å². The van der Waals surface area contributed by atoms with Crippen LogP contribution in [0.3, 0.4) is 0 Å². The fourth-order valence-electron chi connectivity index (χ4n) is 3.32. The second kappa shape index (κ2) is 8.19. The molecule has 0 bridgehead atoms. The van der Waals surface area contributed by atoms with Crippen molar-refractivity contribution in [2.75, 3.05) is 6.54 Å². The predicted octanol–water partition coefficient (Wildman–Crippen LogP) is 3.95. The van der Waals surface area contributed by atoms with E-state index in [1.165, 1.54) is 19.3 Å². The van der Waals surface area contributed by atoms with Crippen molar-refractivity contribution in [3.8, 4) is 0 Å². The molecule has 0 heterocycles. The summed E-state index contributed by atoms with van der Waals surface area (Å²) in [6.45, 7) is 15.4. The first kappa shape index (κ1) is 19.3. The molecule has 1 aliphatic carbocycles. The Morgan fingerprint density at radius 1 is 1.23 bits per heavy atom. The van der Waals surface area contributed by atoms with Crippen molar-refractivity contribution in [2.45, 2.75) is 85.4 Å². The number of carbonyl (C=O) groups excluding carboxylic acids is 1. The van der Waals surface area contributed by atoms with Crippen LogP contribution < -0.4 is 10.6 Å². The van der Waals surface area contributed by atoms with E-state index in [0.29, 0.717) is 12.0 Å². The Morgan fingerprint density at radius 2 is 1.86 bits per heavy atom. The number of carbonyl (C=O) groups is 1. The predicted molar refractivity (Wildman–Crippen MR) is 92.0 cm³/mol. The largest absolute Gasteiger partial charge is 0.444 e. The molecule has 22 heavy (non-hydrogen) atoms. The van der Waals surface area contributed by atoms with Gasteiger partial charge >= 0.3 is 6.09 Å². The third kappa shape index (κ3) is 6.99. The van der Waals surface area contributed by atoms with Gasteiger partial charge in [0.2, 0.25) is 0 Å². The molecule has 1 rings (SSSR count). The van der Waals surface area contributed by atoms with Gasteiger partial charge in [-0.15, -0.1) is 0 Å². The van der Waals surface area contributed by atoms with Gasteiger partial charge in [0, 0.05) is 18.6 Å². The summed E-state index contributed by atoms with van der Waals surface area (Å²) in [4.78, 5) is 11.8. The van der Waals surface area contributed by atoms with E-state index < -0.39 is 5.60 Å². The topological polar surface area (TPSA) is 50.4 Å². The molecule has 4 unspecified atom stereocenters. The van der Waals surface area contributed by atoms with Crippen LogP contribution in [-0.4, -0.2) is 30.3 Å². The third-order valence-corrected chi connectivity index (χ3v) is 4.47. The summed E-state index contributed by atoms with van der Waals surface area (Å²) < 4.78 is 5.30. The Bertz CT molecular complexity index is 349. The Hall–Kier alpha value is -0.770. The molecule has 1 amide bonds. The van der Waals surface area contributed by atoms with E-state index in [-0.39, 0.29) is 12.1 Å². The molecule has 0 radical (unpaired) electrons. The molecule has 0 aliphatic heterocycles. The maximum absolute atomic E-state index is 11.8. The minimum atomic E-state index is -0.446. The zero-order chi connectivity index (χ0) is 16.9. The summed E-state index contributed by atoms with van der Waals surface area (Å²) in [6.07, 6.45) is 3.55. The van der Waals surface area contributed by atoms with Gasteiger partial charge in [-0.3, -0.25) is 0 Å². The van der Waals surface area contributed by atoms with Crippen molar-refractivity contribution in [1.29, 1.82) is 0 Å². The highest BCUT2D eigenvalue weighted by Crippen LogP contribution is 2.33. The van der Waals surface area contributed by atoms with Crippen LogP contribution in [0.15, 0.2) is 0 Å². The van der Waals surface area contributed by atoms with E-state index in [1.54, 1.807) is 0 Å². The molecular formula is C18H36N2O2. The van der Waals surface area contributed by atoms with Crippen molar-refractivity contribution >= 4 is 6.09 Å². The first-order valence-electron chi connectivity index (χ1n) is 8.81. The van der Waals surface area contributed by atoms with Crippen molar-refractivity contribution in [1.82, 2.24) is 10.6 Å². The lowest BCUT2D eigenvalue weighted by Crippen LogP contribution is -2.49. The normalized spacial score (nSPS) is 27.5. The number of rotatable bonds is 5. The summed E-state index contributed by atoms with van der Waals surface area (Å²) in [7, 11) is 0. The van der Waals surface area contributed by atoms with Gasteiger partial charge < -0.3 is 15.4 Å². The highest BCUT2D eigenvalue weighted by molar-refractivity contribution is 5.68. The highest BCUT2D eigenvalue weighted by Gasteiger charge is 2.30. The summed E-state index contributed by atoms with van der Waals surface area (Å²) in [5.41, 5.74) is -0.446. The van der Waals surface area contributed by atoms with E-state index in [1.807, 2.05) is 27.7 Å². The fraction of sp³-hybridized carbons (Fsp3) is 0.944. The van der Waals surface area contributed by atoms with E-state index in [9.17, 15) is 4.79 Å². The van der Waals surface area contributed by atoms with Crippen molar-refractivity contribution in [3.05, 3.63) is 0 Å². The van der Waals surface area contributed by atoms with E-state index in [0.717, 1.165) is 18.4 Å². The van der Waals surface area contributed by atoms with Crippen LogP contribution in [0.5, 0.6) is 0 Å². The van der Waals surface area contributed by atoms with Gasteiger partial charge in [0.1, 0.15) is 5.60 Å². The lowest BCUT2D eigenvalue weighted by atomic mass is 9.74. The summed E-state index contributed by atoms with van der Waals surface area (Å²) in [6, 6.07) is 0.631. The maximum atomic E-state index is 11.8. The van der Waals surface area contributed by atoms with Gasteiger partial charge in [-0.25, -0.2) is 4.79 Å². The first-order chi connectivity index (χ1) is 10.1. The average Bonchev–Trinajstić information content (AvgIpc) is 2.33. The van der Waals surface area contributed by atoms with E-state index in [2.05, 4.69) is 31.4 Å². The Balaban J connectivity index is 2.41. The van der Waals surface area contributed by atoms with Gasteiger partial charge in [0.05, 0.1) is 0 Å². The van der Waals surface area contributed by atoms with Crippen LogP contribution in [-0.2, 0) is 4.74 Å². The average molecular weight is 312 g/mol. The quantitative estimate of drug-likeness (QED) is 0.808. The molecule has 1 fully saturated rings. The number of nitrogens with one attached hydrogen (secondary N) is 2. The lowest BCUT2D eigenvalue weighted by Gasteiger charge is -2.38. The Labute approximate surface area is 136 Å². The molecule has 4 nitrogen and oxygen atoms in total. The standard InChI is InChI=1S/C18H36N2O2/c1-12(2)15-9-8-13(3)10-16(15)19-11-14(4)20-17(21)22-18(5,6)7/h12-16,19H,8-11H2,1-7H3,(H,20,21). The molecule has 0 aromatic carbocycles. The second-order valence-corrected chi connectivity index (χ2v) is 8.39. The zero-order valence-corrected chi connectivity index (χ0v) is 15.5. The van der Waals surface area contributed by atoms with Gasteiger partial charge in [0.25, 0.3) is 0 Å². The lowest BCUT2D eigenvalue weighted by molar-refractivity contribution is 0.0505. The molecule has 1 saturated carbocycles. The van der Waals surface area contributed by atoms with Gasteiger partial charge in [0.15, 0.2) is 0 Å². The molecule has 0 aromatic heterocycles. The molecule has 1 aliphatic rings. The van der Waals surface area contributed by atoms with E-state index >= 15 is 0 Å². The van der Waals surface area contributed by atoms with Crippen LogP contribution in [0, 0.1) is 17.8 Å². The number of amides is 1. The smallest absolute Gasteiger partial charge is 0.407 e. The molecule has 4 atom stereocenters. The molecule has 0 spiro atoms. The monoisotopic (exact) mass is 312 g/mol.